The molecule has 1 saturated carbocycles. The number of nitrogens with one attached hydrogen (secondary N) is 1. The first kappa shape index (κ1) is 16.1. The SMILES string of the molecule is CC(C)=CCOc1cccc(C(=O)NC2(C(=O)O)CCC2)c1. The number of carboxylic acid groups (broad SMARTS) is 1. The number of benzene rings is 1. The molecule has 2 rings (SSSR count). The van der Waals surface area contributed by atoms with Crippen LogP contribution in [0.1, 0.15) is 43.5 Å². The van der Waals surface area contributed by atoms with Crippen LogP contribution >= 0.6 is 0 Å². The van der Waals surface area contributed by atoms with E-state index in [1.807, 2.05) is 19.9 Å². The summed E-state index contributed by atoms with van der Waals surface area (Å²) in [6, 6.07) is 6.77. The van der Waals surface area contributed by atoms with Gasteiger partial charge in [-0.1, -0.05) is 11.6 Å². The van der Waals surface area contributed by atoms with E-state index < -0.39 is 11.5 Å². The molecule has 1 aromatic rings. The Kier molecular flexibility index (Phi) is 4.85. The monoisotopic (exact) mass is 303 g/mol. The lowest BCUT2D eigenvalue weighted by Gasteiger charge is -2.38. The molecule has 22 heavy (non-hydrogen) atoms. The molecule has 5 heteroatoms. The van der Waals surface area contributed by atoms with Crippen molar-refractivity contribution in [1.82, 2.24) is 5.32 Å². The molecule has 1 aromatic carbocycles. The second-order valence-electron chi connectivity index (χ2n) is 5.82. The third-order valence-corrected chi connectivity index (χ3v) is 3.81. The number of ether oxygens (including phenoxy) is 1. The Balaban J connectivity index is 2.04. The fraction of sp³-hybridized carbons (Fsp3) is 0.412. The van der Waals surface area contributed by atoms with Gasteiger partial charge < -0.3 is 15.2 Å². The van der Waals surface area contributed by atoms with Crippen LogP contribution in [0.2, 0.25) is 0 Å². The van der Waals surface area contributed by atoms with Gasteiger partial charge in [-0.3, -0.25) is 4.79 Å². The van der Waals surface area contributed by atoms with Crippen molar-refractivity contribution in [2.24, 2.45) is 0 Å². The second kappa shape index (κ2) is 6.64. The molecule has 1 amide bonds. The van der Waals surface area contributed by atoms with Crippen molar-refractivity contribution in [2.45, 2.75) is 38.6 Å². The minimum atomic E-state index is -1.10. The van der Waals surface area contributed by atoms with E-state index in [-0.39, 0.29) is 5.91 Å². The molecule has 0 saturated heterocycles. The summed E-state index contributed by atoms with van der Waals surface area (Å²) < 4.78 is 5.55. The summed E-state index contributed by atoms with van der Waals surface area (Å²) in [5, 5.41) is 11.9. The zero-order valence-electron chi connectivity index (χ0n) is 12.9. The molecule has 0 aliphatic heterocycles. The summed E-state index contributed by atoms with van der Waals surface area (Å²) in [4.78, 5) is 23.5. The van der Waals surface area contributed by atoms with Crippen LogP contribution in [0.25, 0.3) is 0 Å². The van der Waals surface area contributed by atoms with Gasteiger partial charge >= 0.3 is 5.97 Å². The normalized spacial score (nSPS) is 15.4. The highest BCUT2D eigenvalue weighted by Crippen LogP contribution is 2.32. The third kappa shape index (κ3) is 3.67. The zero-order valence-corrected chi connectivity index (χ0v) is 12.9. The predicted molar refractivity (Wildman–Crippen MR) is 83.1 cm³/mol. The number of amides is 1. The lowest BCUT2D eigenvalue weighted by Crippen LogP contribution is -2.59. The quantitative estimate of drug-likeness (QED) is 0.792. The van der Waals surface area contributed by atoms with E-state index in [9.17, 15) is 14.7 Å². The van der Waals surface area contributed by atoms with Crippen LogP contribution in [0.3, 0.4) is 0 Å². The smallest absolute Gasteiger partial charge is 0.329 e. The molecule has 2 N–H and O–H groups in total. The van der Waals surface area contributed by atoms with Gasteiger partial charge in [-0.2, -0.15) is 0 Å². The number of carbonyl (C=O) groups is 2. The van der Waals surface area contributed by atoms with Crippen molar-refractivity contribution < 1.29 is 19.4 Å². The maximum Gasteiger partial charge on any atom is 0.329 e. The summed E-state index contributed by atoms with van der Waals surface area (Å²) in [6.45, 7) is 4.40. The first-order valence-electron chi connectivity index (χ1n) is 7.35. The Labute approximate surface area is 130 Å². The van der Waals surface area contributed by atoms with Crippen LogP contribution in [0, 0.1) is 0 Å². The average molecular weight is 303 g/mol. The Bertz CT molecular complexity index is 598. The number of rotatable bonds is 6. The standard InChI is InChI=1S/C17H21NO4/c1-12(2)7-10-22-14-6-3-5-13(11-14)15(19)18-17(16(20)21)8-4-9-17/h3,5-7,11H,4,8-10H2,1-2H3,(H,18,19)(H,20,21). The molecule has 5 nitrogen and oxygen atoms in total. The molecule has 0 spiro atoms. The largest absolute Gasteiger partial charge is 0.490 e. The number of hydrogen-bond acceptors (Lipinski definition) is 3. The third-order valence-electron chi connectivity index (χ3n) is 3.81. The van der Waals surface area contributed by atoms with Crippen molar-refractivity contribution >= 4 is 11.9 Å². The highest BCUT2D eigenvalue weighted by Gasteiger charge is 2.45. The van der Waals surface area contributed by atoms with E-state index in [4.69, 9.17) is 4.74 Å². The van der Waals surface area contributed by atoms with Crippen LogP contribution in [0.4, 0.5) is 0 Å². The molecular weight excluding hydrogens is 282 g/mol. The van der Waals surface area contributed by atoms with Crippen LogP contribution in [-0.4, -0.2) is 29.1 Å². The van der Waals surface area contributed by atoms with Gasteiger partial charge in [0.1, 0.15) is 17.9 Å². The zero-order chi connectivity index (χ0) is 16.2. The first-order chi connectivity index (χ1) is 10.4. The molecule has 0 aromatic heterocycles. The molecule has 0 heterocycles. The van der Waals surface area contributed by atoms with E-state index in [1.165, 1.54) is 0 Å². The number of carbonyl (C=O) groups excluding carboxylic acids is 1. The Morgan fingerprint density at radius 2 is 2.09 bits per heavy atom. The highest BCUT2D eigenvalue weighted by atomic mass is 16.5. The molecule has 0 radical (unpaired) electrons. The number of hydrogen-bond donors (Lipinski definition) is 2. The van der Waals surface area contributed by atoms with Gasteiger partial charge in [-0.25, -0.2) is 4.79 Å². The Hall–Kier alpha value is -2.30. The molecule has 1 aliphatic rings. The number of aliphatic carboxylic acids is 1. The average Bonchev–Trinajstić information content (AvgIpc) is 2.42. The summed E-state index contributed by atoms with van der Waals surface area (Å²) in [6.07, 6.45) is 3.72. The lowest BCUT2D eigenvalue weighted by molar-refractivity contribution is -0.148. The van der Waals surface area contributed by atoms with Crippen LogP contribution in [0.5, 0.6) is 5.75 Å². The summed E-state index contributed by atoms with van der Waals surface area (Å²) in [5.74, 6) is -0.763. The Morgan fingerprint density at radius 3 is 2.64 bits per heavy atom. The van der Waals surface area contributed by atoms with Crippen molar-refractivity contribution in [1.29, 1.82) is 0 Å². The molecule has 0 atom stereocenters. The van der Waals surface area contributed by atoms with Gasteiger partial charge in [0.25, 0.3) is 5.91 Å². The summed E-state index contributed by atoms with van der Waals surface area (Å²) in [7, 11) is 0. The number of allylic oxidation sites excluding steroid dienone is 1. The van der Waals surface area contributed by atoms with Gasteiger partial charge in [0.2, 0.25) is 0 Å². The van der Waals surface area contributed by atoms with Crippen LogP contribution in [-0.2, 0) is 4.79 Å². The van der Waals surface area contributed by atoms with E-state index in [0.29, 0.717) is 30.8 Å². The van der Waals surface area contributed by atoms with E-state index in [1.54, 1.807) is 24.3 Å². The van der Waals surface area contributed by atoms with E-state index >= 15 is 0 Å². The maximum absolute atomic E-state index is 12.2. The minimum Gasteiger partial charge on any atom is -0.490 e. The van der Waals surface area contributed by atoms with Crippen LogP contribution in [0.15, 0.2) is 35.9 Å². The minimum absolute atomic E-state index is 0.380. The Morgan fingerprint density at radius 1 is 1.36 bits per heavy atom. The van der Waals surface area contributed by atoms with Gasteiger partial charge in [0.15, 0.2) is 0 Å². The second-order valence-corrected chi connectivity index (χ2v) is 5.82. The molecule has 118 valence electrons. The molecule has 0 unspecified atom stereocenters. The molecule has 0 bridgehead atoms. The van der Waals surface area contributed by atoms with Crippen molar-refractivity contribution in [3.63, 3.8) is 0 Å². The fourth-order valence-electron chi connectivity index (χ4n) is 2.24. The molecular formula is C17H21NO4. The first-order valence-corrected chi connectivity index (χ1v) is 7.35. The van der Waals surface area contributed by atoms with Crippen molar-refractivity contribution in [3.05, 3.63) is 41.5 Å². The van der Waals surface area contributed by atoms with Gasteiger partial charge in [-0.05, 0) is 57.4 Å². The fourth-order valence-corrected chi connectivity index (χ4v) is 2.24. The van der Waals surface area contributed by atoms with Crippen molar-refractivity contribution in [3.8, 4) is 5.75 Å². The molecule has 1 aliphatic carbocycles. The van der Waals surface area contributed by atoms with Gasteiger partial charge in [0.05, 0.1) is 0 Å². The molecule has 1 fully saturated rings. The van der Waals surface area contributed by atoms with Gasteiger partial charge in [-0.15, -0.1) is 0 Å². The highest BCUT2D eigenvalue weighted by molar-refractivity contribution is 5.98. The van der Waals surface area contributed by atoms with Crippen LogP contribution < -0.4 is 10.1 Å². The van der Waals surface area contributed by atoms with Crippen molar-refractivity contribution in [2.75, 3.05) is 6.61 Å². The topological polar surface area (TPSA) is 75.6 Å². The predicted octanol–water partition coefficient (Wildman–Crippen LogP) is 2.77. The van der Waals surface area contributed by atoms with E-state index in [2.05, 4.69) is 5.32 Å². The summed E-state index contributed by atoms with van der Waals surface area (Å²) >= 11 is 0. The number of carboxylic acids is 1. The maximum atomic E-state index is 12.2. The van der Waals surface area contributed by atoms with E-state index in [0.717, 1.165) is 12.0 Å². The van der Waals surface area contributed by atoms with Gasteiger partial charge in [0, 0.05) is 5.56 Å². The summed E-state index contributed by atoms with van der Waals surface area (Å²) in [5.41, 5.74) is 0.459. The lowest BCUT2D eigenvalue weighted by atomic mass is 9.76.